The van der Waals surface area contributed by atoms with Crippen LogP contribution in [0.15, 0.2) is 48.7 Å². The molecule has 1 N–H and O–H groups in total. The van der Waals surface area contributed by atoms with Crippen LogP contribution in [0.1, 0.15) is 46.7 Å². The number of aromatic carboxylic acids is 1. The summed E-state index contributed by atoms with van der Waals surface area (Å²) < 4.78 is 20.5. The molecule has 4 aromatic rings. The van der Waals surface area contributed by atoms with E-state index in [2.05, 4.69) is 20.5 Å². The summed E-state index contributed by atoms with van der Waals surface area (Å²) in [5.41, 5.74) is 3.38. The number of fused-ring (bicyclic) bond motifs is 3. The summed E-state index contributed by atoms with van der Waals surface area (Å²) in [4.78, 5) is 23.5. The molecule has 4 aliphatic rings. The quantitative estimate of drug-likeness (QED) is 0.285. The van der Waals surface area contributed by atoms with E-state index < -0.39 is 11.8 Å². The lowest BCUT2D eigenvalue weighted by Gasteiger charge is -2.28. The third-order valence-electron chi connectivity index (χ3n) is 9.11. The highest BCUT2D eigenvalue weighted by Gasteiger charge is 2.58. The number of hydrogen-bond donors (Lipinski definition) is 1. The van der Waals surface area contributed by atoms with Crippen LogP contribution in [0.3, 0.4) is 0 Å². The molecule has 3 fully saturated rings. The first kappa shape index (κ1) is 26.3. The molecule has 42 heavy (non-hydrogen) atoms. The van der Waals surface area contributed by atoms with Gasteiger partial charge < -0.3 is 23.9 Å². The standard InChI is InChI=1S/C31H28Cl2N4O5/c1-31(25-6-5-17(32)11-34-25)41-24-4-2-3-19(29(24)42-31)27-20-13-36(14-21(20)27)15-26-35-28-22(33)9-16(30(38)39)10-23(28)37(26)12-18-7-8-40-18/h2-6,9-11,18,20-21,27H,7-8,12-15H2,1H3,(H,38,39)/t18?,20-,21+,27?,31-/m1/s1. The van der Waals surface area contributed by atoms with Crippen molar-refractivity contribution in [3.8, 4) is 11.5 Å². The fourth-order valence-electron chi connectivity index (χ4n) is 6.87. The number of carboxylic acids is 1. The molecule has 0 spiro atoms. The van der Waals surface area contributed by atoms with Gasteiger partial charge in [-0.1, -0.05) is 35.3 Å². The predicted octanol–water partition coefficient (Wildman–Crippen LogP) is 5.71. The molecule has 5 heterocycles. The maximum atomic E-state index is 11.7. The zero-order chi connectivity index (χ0) is 28.7. The summed E-state index contributed by atoms with van der Waals surface area (Å²) in [6.07, 6.45) is 2.67. The molecule has 2 unspecified atom stereocenters. The highest BCUT2D eigenvalue weighted by molar-refractivity contribution is 6.35. The van der Waals surface area contributed by atoms with E-state index in [4.69, 9.17) is 42.4 Å². The number of nitrogens with zero attached hydrogens (tertiary/aromatic N) is 4. The van der Waals surface area contributed by atoms with Crippen LogP contribution < -0.4 is 9.47 Å². The van der Waals surface area contributed by atoms with Crippen molar-refractivity contribution in [1.29, 1.82) is 0 Å². The Hall–Kier alpha value is -3.37. The molecule has 2 saturated heterocycles. The molecule has 0 radical (unpaired) electrons. The van der Waals surface area contributed by atoms with Gasteiger partial charge in [0.15, 0.2) is 11.5 Å². The maximum absolute atomic E-state index is 11.7. The highest BCUT2D eigenvalue weighted by atomic mass is 35.5. The van der Waals surface area contributed by atoms with Crippen molar-refractivity contribution in [2.24, 2.45) is 11.8 Å². The number of hydrogen-bond acceptors (Lipinski definition) is 7. The number of piperidine rings is 1. The van der Waals surface area contributed by atoms with E-state index in [0.717, 1.165) is 49.0 Å². The monoisotopic (exact) mass is 606 g/mol. The second-order valence-electron chi connectivity index (χ2n) is 11.8. The summed E-state index contributed by atoms with van der Waals surface area (Å²) in [5.74, 6) is 1.81. The van der Waals surface area contributed by atoms with Crippen LogP contribution >= 0.6 is 23.2 Å². The minimum absolute atomic E-state index is 0.0981. The largest absolute Gasteiger partial charge is 0.478 e. The molecule has 3 aliphatic heterocycles. The van der Waals surface area contributed by atoms with Crippen molar-refractivity contribution in [1.82, 2.24) is 19.4 Å². The fourth-order valence-corrected chi connectivity index (χ4v) is 7.24. The molecular formula is C31H28Cl2N4O5. The Labute approximate surface area is 251 Å². The van der Waals surface area contributed by atoms with Crippen molar-refractivity contribution < 1.29 is 24.1 Å². The predicted molar refractivity (Wildman–Crippen MR) is 155 cm³/mol. The normalized spacial score (nSPS) is 27.7. The average Bonchev–Trinajstić information content (AvgIpc) is 3.23. The summed E-state index contributed by atoms with van der Waals surface area (Å²) in [6.45, 7) is 5.79. The molecule has 1 aliphatic carbocycles. The number of pyridine rings is 1. The first-order valence-corrected chi connectivity index (χ1v) is 14.9. The van der Waals surface area contributed by atoms with Gasteiger partial charge in [-0.25, -0.2) is 9.78 Å². The fraction of sp³-hybridized carbons (Fsp3) is 0.387. The van der Waals surface area contributed by atoms with Gasteiger partial charge in [0.2, 0.25) is 0 Å². The molecule has 0 bridgehead atoms. The van der Waals surface area contributed by atoms with Gasteiger partial charge in [0.1, 0.15) is 17.0 Å². The molecule has 1 saturated carbocycles. The summed E-state index contributed by atoms with van der Waals surface area (Å²) in [5, 5.41) is 10.5. The third kappa shape index (κ3) is 4.25. The average molecular weight is 607 g/mol. The first-order chi connectivity index (χ1) is 20.3. The number of benzene rings is 2. The van der Waals surface area contributed by atoms with E-state index in [1.54, 1.807) is 18.3 Å². The van der Waals surface area contributed by atoms with Crippen LogP contribution in [0, 0.1) is 11.8 Å². The topological polar surface area (TPSA) is 98.9 Å². The van der Waals surface area contributed by atoms with Crippen LogP contribution in [0.5, 0.6) is 11.5 Å². The number of ether oxygens (including phenoxy) is 3. The molecule has 216 valence electrons. The highest BCUT2D eigenvalue weighted by Crippen LogP contribution is 2.62. The smallest absolute Gasteiger partial charge is 0.335 e. The van der Waals surface area contributed by atoms with Gasteiger partial charge in [0.25, 0.3) is 5.79 Å². The molecule has 8 rings (SSSR count). The van der Waals surface area contributed by atoms with Crippen molar-refractivity contribution in [2.45, 2.75) is 44.2 Å². The van der Waals surface area contributed by atoms with Crippen LogP contribution in [-0.4, -0.2) is 56.3 Å². The van der Waals surface area contributed by atoms with Gasteiger partial charge in [0, 0.05) is 38.4 Å². The zero-order valence-electron chi connectivity index (χ0n) is 22.8. The van der Waals surface area contributed by atoms with Crippen molar-refractivity contribution in [2.75, 3.05) is 19.7 Å². The van der Waals surface area contributed by atoms with Gasteiger partial charge in [0.05, 0.1) is 40.3 Å². The Morgan fingerprint density at radius 2 is 1.95 bits per heavy atom. The Balaban J connectivity index is 1.01. The number of aromatic nitrogens is 3. The van der Waals surface area contributed by atoms with Crippen molar-refractivity contribution >= 4 is 40.2 Å². The number of carboxylic acid groups (broad SMARTS) is 1. The van der Waals surface area contributed by atoms with E-state index in [1.165, 1.54) is 11.6 Å². The molecule has 2 aromatic carbocycles. The maximum Gasteiger partial charge on any atom is 0.335 e. The Morgan fingerprint density at radius 3 is 2.64 bits per heavy atom. The number of rotatable bonds is 7. The molecule has 5 atom stereocenters. The second kappa shape index (κ2) is 9.57. The van der Waals surface area contributed by atoms with E-state index in [-0.39, 0.29) is 11.7 Å². The van der Waals surface area contributed by atoms with E-state index in [1.807, 2.05) is 25.1 Å². The van der Waals surface area contributed by atoms with Crippen LogP contribution in [0.4, 0.5) is 0 Å². The van der Waals surface area contributed by atoms with Crippen molar-refractivity contribution in [3.63, 3.8) is 0 Å². The summed E-state index contributed by atoms with van der Waals surface area (Å²) in [7, 11) is 0. The lowest BCUT2D eigenvalue weighted by atomic mass is 10.0. The lowest BCUT2D eigenvalue weighted by molar-refractivity contribution is -0.0721. The number of imidazole rings is 1. The molecular weight excluding hydrogens is 579 g/mol. The number of carbonyl (C=O) groups is 1. The summed E-state index contributed by atoms with van der Waals surface area (Å²) >= 11 is 12.6. The minimum atomic E-state index is -1.01. The van der Waals surface area contributed by atoms with Gasteiger partial charge in [-0.2, -0.15) is 0 Å². The van der Waals surface area contributed by atoms with E-state index in [0.29, 0.717) is 52.1 Å². The molecule has 9 nitrogen and oxygen atoms in total. The number of halogens is 2. The minimum Gasteiger partial charge on any atom is -0.478 e. The van der Waals surface area contributed by atoms with Crippen molar-refractivity contribution in [3.05, 3.63) is 81.4 Å². The lowest BCUT2D eigenvalue weighted by Crippen LogP contribution is -2.33. The van der Waals surface area contributed by atoms with Gasteiger partial charge in [-0.15, -0.1) is 0 Å². The van der Waals surface area contributed by atoms with E-state index in [9.17, 15) is 9.90 Å². The molecule has 11 heteroatoms. The second-order valence-corrected chi connectivity index (χ2v) is 12.6. The first-order valence-electron chi connectivity index (χ1n) is 14.2. The number of likely N-dealkylation sites (tertiary alicyclic amines) is 1. The Bertz CT molecular complexity index is 1730. The van der Waals surface area contributed by atoms with Crippen LogP contribution in [-0.2, 0) is 23.6 Å². The Morgan fingerprint density at radius 1 is 1.14 bits per heavy atom. The zero-order valence-corrected chi connectivity index (χ0v) is 24.3. The van der Waals surface area contributed by atoms with Crippen LogP contribution in [0.25, 0.3) is 11.0 Å². The molecule has 2 aromatic heterocycles. The number of para-hydroxylation sites is 1. The van der Waals surface area contributed by atoms with E-state index >= 15 is 0 Å². The van der Waals surface area contributed by atoms with Crippen LogP contribution in [0.2, 0.25) is 10.0 Å². The molecule has 0 amide bonds. The summed E-state index contributed by atoms with van der Waals surface area (Å²) in [6, 6.07) is 12.9. The Kier molecular flexibility index (Phi) is 5.99. The SMILES string of the molecule is C[C@@]1(c2ccc(Cl)cn2)Oc2cccc(C3[C@H]4CN(Cc5nc6c(Cl)cc(C(=O)O)cc6n5CC5CCO5)C[C@@H]34)c2O1. The third-order valence-corrected chi connectivity index (χ3v) is 9.62. The van der Waals surface area contributed by atoms with Gasteiger partial charge >= 0.3 is 5.97 Å². The van der Waals surface area contributed by atoms with Gasteiger partial charge in [-0.3, -0.25) is 9.88 Å². The van der Waals surface area contributed by atoms with Gasteiger partial charge in [-0.05, 0) is 54.5 Å².